The lowest BCUT2D eigenvalue weighted by molar-refractivity contribution is 0.462. The molecule has 0 saturated carbocycles. The number of benzene rings is 2. The summed E-state index contributed by atoms with van der Waals surface area (Å²) in [5.74, 6) is 1.35. The first-order valence-corrected chi connectivity index (χ1v) is 6.76. The molecule has 0 radical (unpaired) electrons. The van der Waals surface area contributed by atoms with Crippen molar-refractivity contribution in [2.24, 2.45) is 0 Å². The number of aromatic nitrogens is 2. The second-order valence-corrected chi connectivity index (χ2v) is 5.10. The number of nitrogens with zero attached hydrogens (tertiary/aromatic N) is 2. The summed E-state index contributed by atoms with van der Waals surface area (Å²) in [6.07, 6.45) is 0. The molecule has 0 aliphatic carbocycles. The lowest BCUT2D eigenvalue weighted by Gasteiger charge is -2.09. The molecule has 0 unspecified atom stereocenters. The topological polar surface area (TPSA) is 61.0 Å². The fourth-order valence-electron chi connectivity index (χ4n) is 1.70. The molecule has 0 saturated heterocycles. The molecule has 19 heavy (non-hydrogen) atoms. The third-order valence-corrected chi connectivity index (χ3v) is 3.50. The van der Waals surface area contributed by atoms with Gasteiger partial charge in [-0.1, -0.05) is 24.3 Å². The van der Waals surface area contributed by atoms with E-state index in [1.807, 2.05) is 48.5 Å². The number of nitrogens with two attached hydrogens (primary N) is 1. The van der Waals surface area contributed by atoms with Gasteiger partial charge in [-0.05, 0) is 46.9 Å². The molecule has 0 aliphatic rings. The Morgan fingerprint density at radius 3 is 2.26 bits per heavy atom. The van der Waals surface area contributed by atoms with Gasteiger partial charge in [-0.25, -0.2) is 9.97 Å². The molecule has 0 spiro atoms. The third kappa shape index (κ3) is 2.46. The van der Waals surface area contributed by atoms with Crippen LogP contribution < -0.4 is 10.5 Å². The maximum atomic E-state index is 5.88. The van der Waals surface area contributed by atoms with E-state index in [0.29, 0.717) is 11.7 Å². The number of rotatable bonds is 2. The smallest absolute Gasteiger partial charge is 0.263 e. The van der Waals surface area contributed by atoms with E-state index in [9.17, 15) is 0 Å². The Bertz CT molecular complexity index is 746. The molecule has 5 heteroatoms. The minimum Gasteiger partial charge on any atom is -0.435 e. The number of para-hydroxylation sites is 3. The average Bonchev–Trinajstić information content (AvgIpc) is 2.42. The van der Waals surface area contributed by atoms with Crippen LogP contribution in [0.25, 0.3) is 11.0 Å². The minimum atomic E-state index is 0.290. The summed E-state index contributed by atoms with van der Waals surface area (Å²) >= 11 is 2.20. The van der Waals surface area contributed by atoms with Gasteiger partial charge in [-0.15, -0.1) is 0 Å². The Morgan fingerprint density at radius 2 is 1.53 bits per heavy atom. The third-order valence-electron chi connectivity index (χ3n) is 2.61. The van der Waals surface area contributed by atoms with E-state index < -0.39 is 0 Å². The summed E-state index contributed by atoms with van der Waals surface area (Å²) in [6, 6.07) is 15.2. The van der Waals surface area contributed by atoms with Crippen molar-refractivity contribution in [3.8, 4) is 11.6 Å². The zero-order chi connectivity index (χ0) is 13.2. The Hall–Kier alpha value is -1.89. The van der Waals surface area contributed by atoms with Gasteiger partial charge in [0.1, 0.15) is 5.75 Å². The van der Waals surface area contributed by atoms with Gasteiger partial charge in [0.25, 0.3) is 5.88 Å². The van der Waals surface area contributed by atoms with Crippen molar-refractivity contribution in [1.29, 1.82) is 0 Å². The van der Waals surface area contributed by atoms with Gasteiger partial charge in [0.15, 0.2) is 5.82 Å². The highest BCUT2D eigenvalue weighted by molar-refractivity contribution is 14.1. The SMILES string of the molecule is Nc1nc2ccccc2nc1Oc1ccccc1I. The van der Waals surface area contributed by atoms with Crippen molar-refractivity contribution >= 4 is 39.4 Å². The van der Waals surface area contributed by atoms with Crippen molar-refractivity contribution in [1.82, 2.24) is 9.97 Å². The van der Waals surface area contributed by atoms with E-state index in [1.165, 1.54) is 0 Å². The summed E-state index contributed by atoms with van der Waals surface area (Å²) in [6.45, 7) is 0. The predicted octanol–water partition coefficient (Wildman–Crippen LogP) is 3.61. The molecule has 0 atom stereocenters. The van der Waals surface area contributed by atoms with Gasteiger partial charge >= 0.3 is 0 Å². The summed E-state index contributed by atoms with van der Waals surface area (Å²) in [5.41, 5.74) is 7.40. The molecule has 3 rings (SSSR count). The Balaban J connectivity index is 2.06. The number of nitrogen functional groups attached to an aromatic ring is 1. The summed E-state index contributed by atoms with van der Waals surface area (Å²) in [5, 5.41) is 0. The van der Waals surface area contributed by atoms with Crippen molar-refractivity contribution in [2.45, 2.75) is 0 Å². The van der Waals surface area contributed by atoms with Crippen LogP contribution in [0.5, 0.6) is 11.6 Å². The van der Waals surface area contributed by atoms with E-state index in [2.05, 4.69) is 32.6 Å². The molecule has 4 nitrogen and oxygen atoms in total. The first-order chi connectivity index (χ1) is 9.24. The lowest BCUT2D eigenvalue weighted by Crippen LogP contribution is -1.99. The first kappa shape index (κ1) is 12.2. The van der Waals surface area contributed by atoms with Crippen LogP contribution in [0.1, 0.15) is 0 Å². The quantitative estimate of drug-likeness (QED) is 0.707. The van der Waals surface area contributed by atoms with Gasteiger partial charge in [-0.2, -0.15) is 0 Å². The monoisotopic (exact) mass is 363 g/mol. The van der Waals surface area contributed by atoms with Crippen LogP contribution >= 0.6 is 22.6 Å². The maximum Gasteiger partial charge on any atom is 0.263 e. The second-order valence-electron chi connectivity index (χ2n) is 3.94. The molecular weight excluding hydrogens is 353 g/mol. The molecule has 0 amide bonds. The zero-order valence-electron chi connectivity index (χ0n) is 9.88. The number of hydrogen-bond donors (Lipinski definition) is 1. The van der Waals surface area contributed by atoms with E-state index in [-0.39, 0.29) is 0 Å². The van der Waals surface area contributed by atoms with Crippen LogP contribution in [0.4, 0.5) is 5.82 Å². The molecule has 1 aromatic heterocycles. The Labute approximate surface area is 123 Å². The van der Waals surface area contributed by atoms with Gasteiger partial charge in [0.2, 0.25) is 0 Å². The van der Waals surface area contributed by atoms with Gasteiger partial charge in [0, 0.05) is 0 Å². The van der Waals surface area contributed by atoms with Crippen LogP contribution in [0.15, 0.2) is 48.5 Å². The molecular formula is C14H10IN3O. The molecule has 94 valence electrons. The van der Waals surface area contributed by atoms with E-state index in [4.69, 9.17) is 10.5 Å². The number of halogens is 1. The fourth-order valence-corrected chi connectivity index (χ4v) is 2.20. The highest BCUT2D eigenvalue weighted by atomic mass is 127. The molecule has 0 bridgehead atoms. The Kier molecular flexibility index (Phi) is 3.20. The predicted molar refractivity (Wildman–Crippen MR) is 83.2 cm³/mol. The van der Waals surface area contributed by atoms with Crippen LogP contribution in [-0.2, 0) is 0 Å². The van der Waals surface area contributed by atoms with Gasteiger partial charge in [-0.3, -0.25) is 0 Å². The molecule has 2 N–H and O–H groups in total. The molecule has 0 aliphatic heterocycles. The average molecular weight is 363 g/mol. The molecule has 1 heterocycles. The van der Waals surface area contributed by atoms with Crippen molar-refractivity contribution in [3.63, 3.8) is 0 Å². The van der Waals surface area contributed by atoms with Crippen LogP contribution in [0, 0.1) is 3.57 Å². The van der Waals surface area contributed by atoms with Crippen LogP contribution in [0.2, 0.25) is 0 Å². The van der Waals surface area contributed by atoms with Gasteiger partial charge < -0.3 is 10.5 Å². The largest absolute Gasteiger partial charge is 0.435 e. The molecule has 0 fully saturated rings. The van der Waals surface area contributed by atoms with Gasteiger partial charge in [0.05, 0.1) is 14.6 Å². The summed E-state index contributed by atoms with van der Waals surface area (Å²) < 4.78 is 6.74. The summed E-state index contributed by atoms with van der Waals surface area (Å²) in [4.78, 5) is 8.69. The fraction of sp³-hybridized carbons (Fsp3) is 0. The van der Waals surface area contributed by atoms with E-state index in [1.54, 1.807) is 0 Å². The zero-order valence-corrected chi connectivity index (χ0v) is 12.0. The Morgan fingerprint density at radius 1 is 0.895 bits per heavy atom. The van der Waals surface area contributed by atoms with E-state index >= 15 is 0 Å². The normalized spacial score (nSPS) is 10.6. The van der Waals surface area contributed by atoms with E-state index in [0.717, 1.165) is 20.4 Å². The lowest BCUT2D eigenvalue weighted by atomic mass is 10.3. The summed E-state index contributed by atoms with van der Waals surface area (Å²) in [7, 11) is 0. The highest BCUT2D eigenvalue weighted by Gasteiger charge is 2.09. The van der Waals surface area contributed by atoms with Crippen molar-refractivity contribution in [2.75, 3.05) is 5.73 Å². The number of anilines is 1. The number of fused-ring (bicyclic) bond motifs is 1. The maximum absolute atomic E-state index is 5.88. The minimum absolute atomic E-state index is 0.290. The number of hydrogen-bond acceptors (Lipinski definition) is 4. The first-order valence-electron chi connectivity index (χ1n) is 5.69. The second kappa shape index (κ2) is 5.00. The molecule has 2 aromatic carbocycles. The van der Waals surface area contributed by atoms with Crippen LogP contribution in [-0.4, -0.2) is 9.97 Å². The molecule has 3 aromatic rings. The standard InChI is InChI=1S/C14H10IN3O/c15-9-5-1-4-8-12(9)19-14-13(16)17-10-6-2-3-7-11(10)18-14/h1-8H,(H2,16,17). The number of ether oxygens (including phenoxy) is 1. The van der Waals surface area contributed by atoms with Crippen molar-refractivity contribution in [3.05, 3.63) is 52.1 Å². The highest BCUT2D eigenvalue weighted by Crippen LogP contribution is 2.29. The van der Waals surface area contributed by atoms with Crippen LogP contribution in [0.3, 0.4) is 0 Å². The van der Waals surface area contributed by atoms with Crippen molar-refractivity contribution < 1.29 is 4.74 Å².